The van der Waals surface area contributed by atoms with Crippen LogP contribution < -0.4 is 0 Å². The van der Waals surface area contributed by atoms with Crippen molar-refractivity contribution >= 4 is 33.4 Å². The Morgan fingerprint density at radius 1 is 1.44 bits per heavy atom. The predicted octanol–water partition coefficient (Wildman–Crippen LogP) is 3.09. The average Bonchev–Trinajstić information content (AvgIpc) is 2.28. The monoisotopic (exact) mass is 331 g/mol. The highest BCUT2D eigenvalue weighted by Gasteiger charge is 2.30. The van der Waals surface area contributed by atoms with Crippen LogP contribution >= 0.6 is 27.5 Å². The second-order valence-corrected chi connectivity index (χ2v) is 6.20. The van der Waals surface area contributed by atoms with Gasteiger partial charge in [-0.05, 0) is 53.9 Å². The van der Waals surface area contributed by atoms with Gasteiger partial charge in [0.2, 0.25) is 0 Å². The zero-order valence-corrected chi connectivity index (χ0v) is 12.5. The van der Waals surface area contributed by atoms with Crippen LogP contribution in [0.15, 0.2) is 22.7 Å². The molecule has 5 heteroatoms. The van der Waals surface area contributed by atoms with Crippen molar-refractivity contribution in [2.45, 2.75) is 25.4 Å². The fourth-order valence-corrected chi connectivity index (χ4v) is 2.88. The Hall–Kier alpha value is -0.580. The summed E-state index contributed by atoms with van der Waals surface area (Å²) >= 11 is 9.21. The van der Waals surface area contributed by atoms with Crippen molar-refractivity contribution in [1.29, 1.82) is 0 Å². The fourth-order valence-electron chi connectivity index (χ4n) is 2.02. The molecule has 0 saturated carbocycles. The number of piperidine rings is 1. The molecule has 0 radical (unpaired) electrons. The lowest BCUT2D eigenvalue weighted by Crippen LogP contribution is -2.45. The van der Waals surface area contributed by atoms with Gasteiger partial charge in [0.1, 0.15) is 0 Å². The number of rotatable bonds is 1. The van der Waals surface area contributed by atoms with E-state index < -0.39 is 5.60 Å². The van der Waals surface area contributed by atoms with Crippen molar-refractivity contribution in [3.63, 3.8) is 0 Å². The summed E-state index contributed by atoms with van der Waals surface area (Å²) in [4.78, 5) is 14.1. The van der Waals surface area contributed by atoms with E-state index in [9.17, 15) is 9.90 Å². The van der Waals surface area contributed by atoms with E-state index in [-0.39, 0.29) is 5.91 Å². The lowest BCUT2D eigenvalue weighted by molar-refractivity contribution is -0.00204. The Balaban J connectivity index is 2.13. The summed E-state index contributed by atoms with van der Waals surface area (Å²) in [7, 11) is 0. The fraction of sp³-hybridized carbons (Fsp3) is 0.462. The highest BCUT2D eigenvalue weighted by atomic mass is 79.9. The number of hydrogen-bond donors (Lipinski definition) is 1. The number of nitrogens with zero attached hydrogens (tertiary/aromatic N) is 1. The Bertz CT molecular complexity index is 466. The second-order valence-electron chi connectivity index (χ2n) is 4.91. The van der Waals surface area contributed by atoms with E-state index in [2.05, 4.69) is 15.9 Å². The minimum atomic E-state index is -0.645. The van der Waals surface area contributed by atoms with Crippen LogP contribution in [0.4, 0.5) is 0 Å². The van der Waals surface area contributed by atoms with E-state index in [4.69, 9.17) is 11.6 Å². The second kappa shape index (κ2) is 5.19. The van der Waals surface area contributed by atoms with Gasteiger partial charge < -0.3 is 10.0 Å². The third-order valence-electron chi connectivity index (χ3n) is 3.29. The number of halogens is 2. The number of aliphatic hydroxyl groups is 1. The maximum Gasteiger partial charge on any atom is 0.255 e. The molecule has 1 aliphatic heterocycles. The molecule has 1 amide bonds. The summed E-state index contributed by atoms with van der Waals surface area (Å²) in [5.74, 6) is -0.0194. The summed E-state index contributed by atoms with van der Waals surface area (Å²) < 4.78 is 0.706. The first-order valence-corrected chi connectivity index (χ1v) is 7.03. The molecule has 1 fully saturated rings. The van der Waals surface area contributed by atoms with E-state index >= 15 is 0 Å². The molecular formula is C13H15BrClNO2. The SMILES string of the molecule is CC1(O)CCN(C(=O)c2ccc(Cl)cc2Br)CC1. The molecule has 2 rings (SSSR count). The number of benzene rings is 1. The van der Waals surface area contributed by atoms with Gasteiger partial charge in [-0.3, -0.25) is 4.79 Å². The lowest BCUT2D eigenvalue weighted by atomic mass is 9.93. The highest BCUT2D eigenvalue weighted by Crippen LogP contribution is 2.26. The highest BCUT2D eigenvalue weighted by molar-refractivity contribution is 9.10. The number of hydrogen-bond acceptors (Lipinski definition) is 2. The van der Waals surface area contributed by atoms with Crippen molar-refractivity contribution < 1.29 is 9.90 Å². The number of amides is 1. The van der Waals surface area contributed by atoms with Gasteiger partial charge in [-0.2, -0.15) is 0 Å². The van der Waals surface area contributed by atoms with E-state index in [1.54, 1.807) is 23.1 Å². The number of likely N-dealkylation sites (tertiary alicyclic amines) is 1. The third-order valence-corrected chi connectivity index (χ3v) is 4.18. The third kappa shape index (κ3) is 3.05. The summed E-state index contributed by atoms with van der Waals surface area (Å²) in [5.41, 5.74) is -0.0328. The van der Waals surface area contributed by atoms with Gasteiger partial charge in [-0.15, -0.1) is 0 Å². The standard InChI is InChI=1S/C13H15BrClNO2/c1-13(18)4-6-16(7-5-13)12(17)10-3-2-9(15)8-11(10)14/h2-3,8,18H,4-7H2,1H3. The Morgan fingerprint density at radius 2 is 2.06 bits per heavy atom. The van der Waals surface area contributed by atoms with E-state index in [0.29, 0.717) is 41.0 Å². The first-order valence-electron chi connectivity index (χ1n) is 5.86. The molecule has 0 aliphatic carbocycles. The molecule has 1 aliphatic rings. The molecular weight excluding hydrogens is 318 g/mol. The van der Waals surface area contributed by atoms with Crippen molar-refractivity contribution in [2.24, 2.45) is 0 Å². The van der Waals surface area contributed by atoms with Gasteiger partial charge in [-0.1, -0.05) is 11.6 Å². The van der Waals surface area contributed by atoms with Crippen LogP contribution in [0.5, 0.6) is 0 Å². The Labute approximate surface area is 120 Å². The lowest BCUT2D eigenvalue weighted by Gasteiger charge is -2.35. The van der Waals surface area contributed by atoms with Crippen molar-refractivity contribution in [1.82, 2.24) is 4.90 Å². The predicted molar refractivity (Wildman–Crippen MR) is 74.9 cm³/mol. The minimum Gasteiger partial charge on any atom is -0.390 e. The first kappa shape index (κ1) is 13.8. The van der Waals surface area contributed by atoms with Crippen LogP contribution in [0.1, 0.15) is 30.1 Å². The van der Waals surface area contributed by atoms with Crippen LogP contribution in [-0.4, -0.2) is 34.6 Å². The zero-order chi connectivity index (χ0) is 13.3. The molecule has 0 aromatic heterocycles. The molecule has 1 heterocycles. The molecule has 98 valence electrons. The normalized spacial score (nSPS) is 18.8. The van der Waals surface area contributed by atoms with Crippen LogP contribution in [0.3, 0.4) is 0 Å². The van der Waals surface area contributed by atoms with Crippen molar-refractivity contribution in [3.05, 3.63) is 33.3 Å². The minimum absolute atomic E-state index is 0.0194. The van der Waals surface area contributed by atoms with E-state index in [1.165, 1.54) is 0 Å². The largest absolute Gasteiger partial charge is 0.390 e. The van der Waals surface area contributed by atoms with Crippen LogP contribution in [0.2, 0.25) is 5.02 Å². The maximum absolute atomic E-state index is 12.3. The van der Waals surface area contributed by atoms with Gasteiger partial charge in [0.25, 0.3) is 5.91 Å². The molecule has 18 heavy (non-hydrogen) atoms. The smallest absolute Gasteiger partial charge is 0.255 e. The van der Waals surface area contributed by atoms with Gasteiger partial charge in [0.15, 0.2) is 0 Å². The summed E-state index contributed by atoms with van der Waals surface area (Å²) in [6, 6.07) is 5.15. The summed E-state index contributed by atoms with van der Waals surface area (Å²) in [6.07, 6.45) is 1.23. The molecule has 1 aromatic carbocycles. The topological polar surface area (TPSA) is 40.5 Å². The molecule has 0 spiro atoms. The van der Waals surface area contributed by atoms with Crippen molar-refractivity contribution in [2.75, 3.05) is 13.1 Å². The van der Waals surface area contributed by atoms with Gasteiger partial charge >= 0.3 is 0 Å². The molecule has 0 unspecified atom stereocenters. The molecule has 3 nitrogen and oxygen atoms in total. The quantitative estimate of drug-likeness (QED) is 0.858. The molecule has 0 bridgehead atoms. The van der Waals surface area contributed by atoms with Gasteiger partial charge in [0.05, 0.1) is 11.2 Å². The Kier molecular flexibility index (Phi) is 3.99. The van der Waals surface area contributed by atoms with E-state index in [1.807, 2.05) is 6.92 Å². The summed E-state index contributed by atoms with van der Waals surface area (Å²) in [6.45, 7) is 2.98. The number of carbonyl (C=O) groups is 1. The van der Waals surface area contributed by atoms with Crippen LogP contribution in [-0.2, 0) is 0 Å². The molecule has 1 saturated heterocycles. The van der Waals surface area contributed by atoms with Gasteiger partial charge in [0, 0.05) is 22.6 Å². The zero-order valence-electron chi connectivity index (χ0n) is 10.1. The van der Waals surface area contributed by atoms with Crippen molar-refractivity contribution in [3.8, 4) is 0 Å². The molecule has 1 N–H and O–H groups in total. The first-order chi connectivity index (χ1) is 8.39. The van der Waals surface area contributed by atoms with Crippen LogP contribution in [0, 0.1) is 0 Å². The molecule has 0 atom stereocenters. The van der Waals surface area contributed by atoms with E-state index in [0.717, 1.165) is 0 Å². The van der Waals surface area contributed by atoms with Crippen LogP contribution in [0.25, 0.3) is 0 Å². The Morgan fingerprint density at radius 3 is 2.61 bits per heavy atom. The molecule has 1 aromatic rings. The number of carbonyl (C=O) groups excluding carboxylic acids is 1. The maximum atomic E-state index is 12.3. The summed E-state index contributed by atoms with van der Waals surface area (Å²) in [5, 5.41) is 10.5. The van der Waals surface area contributed by atoms with Gasteiger partial charge in [-0.25, -0.2) is 0 Å². The average molecular weight is 333 g/mol.